The van der Waals surface area contributed by atoms with E-state index in [1.807, 2.05) is 36.4 Å². The first-order valence-corrected chi connectivity index (χ1v) is 10.2. The van der Waals surface area contributed by atoms with E-state index < -0.39 is 0 Å². The van der Waals surface area contributed by atoms with E-state index in [0.29, 0.717) is 22.9 Å². The zero-order valence-electron chi connectivity index (χ0n) is 16.5. The number of hydrogen-bond donors (Lipinski definition) is 1. The molecule has 1 N–H and O–H groups in total. The summed E-state index contributed by atoms with van der Waals surface area (Å²) in [5.74, 6) is 0.887. The van der Waals surface area contributed by atoms with Crippen molar-refractivity contribution in [1.29, 1.82) is 0 Å². The molecule has 0 atom stereocenters. The van der Waals surface area contributed by atoms with Crippen LogP contribution in [0.15, 0.2) is 65.6 Å². The summed E-state index contributed by atoms with van der Waals surface area (Å²) in [5.41, 5.74) is 2.28. The lowest BCUT2D eigenvalue weighted by Gasteiger charge is -2.32. The third-order valence-electron chi connectivity index (χ3n) is 5.75. The Morgan fingerprint density at radius 2 is 1.87 bits per heavy atom. The number of para-hydroxylation sites is 1. The van der Waals surface area contributed by atoms with Gasteiger partial charge in [-0.3, -0.25) is 9.78 Å². The lowest BCUT2D eigenvalue weighted by molar-refractivity contribution is 0.400. The average molecular weight is 403 g/mol. The standard InChI is InChI=1S/C23H22FN5O/c24-18-6-4-5-17(14-18)13-16-9-11-28(12-10-16)23-26-21-20(22(30)27-23)15-25-29(21)19-7-2-1-3-8-19/h1-8,14-16H,9-13H2,(H,26,27,30). The van der Waals surface area contributed by atoms with Gasteiger partial charge in [0.2, 0.25) is 5.95 Å². The van der Waals surface area contributed by atoms with Crippen LogP contribution in [0.3, 0.4) is 0 Å². The molecule has 0 amide bonds. The maximum absolute atomic E-state index is 13.4. The molecule has 1 saturated heterocycles. The van der Waals surface area contributed by atoms with E-state index in [9.17, 15) is 9.18 Å². The summed E-state index contributed by atoms with van der Waals surface area (Å²) in [6.07, 6.45) is 4.37. The highest BCUT2D eigenvalue weighted by Gasteiger charge is 2.22. The predicted molar refractivity (Wildman–Crippen MR) is 115 cm³/mol. The number of aromatic nitrogens is 4. The Morgan fingerprint density at radius 1 is 1.07 bits per heavy atom. The molecule has 3 heterocycles. The molecular formula is C23H22FN5O. The second-order valence-corrected chi connectivity index (χ2v) is 7.78. The van der Waals surface area contributed by atoms with E-state index in [4.69, 9.17) is 4.98 Å². The van der Waals surface area contributed by atoms with Gasteiger partial charge in [-0.1, -0.05) is 30.3 Å². The van der Waals surface area contributed by atoms with Gasteiger partial charge in [0.05, 0.1) is 11.9 Å². The molecule has 1 aliphatic heterocycles. The second-order valence-electron chi connectivity index (χ2n) is 7.78. The van der Waals surface area contributed by atoms with Crippen LogP contribution in [0, 0.1) is 11.7 Å². The van der Waals surface area contributed by atoms with E-state index >= 15 is 0 Å². The van der Waals surface area contributed by atoms with Crippen molar-refractivity contribution in [3.63, 3.8) is 0 Å². The quantitative estimate of drug-likeness (QED) is 0.564. The monoisotopic (exact) mass is 403 g/mol. The van der Waals surface area contributed by atoms with Crippen LogP contribution >= 0.6 is 0 Å². The Kier molecular flexibility index (Phi) is 4.78. The molecule has 0 unspecified atom stereocenters. The molecule has 1 aliphatic rings. The first-order valence-electron chi connectivity index (χ1n) is 10.2. The number of anilines is 1. The molecule has 0 spiro atoms. The van der Waals surface area contributed by atoms with Crippen molar-refractivity contribution < 1.29 is 4.39 Å². The Balaban J connectivity index is 1.36. The van der Waals surface area contributed by atoms with Crippen LogP contribution in [0.5, 0.6) is 0 Å². The molecule has 0 radical (unpaired) electrons. The van der Waals surface area contributed by atoms with Gasteiger partial charge < -0.3 is 4.90 Å². The van der Waals surface area contributed by atoms with Crippen LogP contribution < -0.4 is 10.5 Å². The first-order chi connectivity index (χ1) is 14.7. The molecule has 1 fully saturated rings. The number of rotatable bonds is 4. The van der Waals surface area contributed by atoms with Crippen molar-refractivity contribution in [1.82, 2.24) is 19.7 Å². The second kappa shape index (κ2) is 7.74. The summed E-state index contributed by atoms with van der Waals surface area (Å²) in [7, 11) is 0. The molecule has 0 saturated carbocycles. The Morgan fingerprint density at radius 3 is 2.63 bits per heavy atom. The van der Waals surface area contributed by atoms with Crippen LogP contribution in [0.4, 0.5) is 10.3 Å². The Hall–Kier alpha value is -3.48. The van der Waals surface area contributed by atoms with Gasteiger partial charge in [-0.2, -0.15) is 10.1 Å². The van der Waals surface area contributed by atoms with Crippen molar-refractivity contribution in [3.8, 4) is 5.69 Å². The molecule has 4 aromatic rings. The molecule has 2 aromatic carbocycles. The molecular weight excluding hydrogens is 381 g/mol. The number of H-pyrrole nitrogens is 1. The van der Waals surface area contributed by atoms with Crippen molar-refractivity contribution in [2.75, 3.05) is 18.0 Å². The van der Waals surface area contributed by atoms with Crippen LogP contribution in [0.2, 0.25) is 0 Å². The van der Waals surface area contributed by atoms with E-state index in [1.165, 1.54) is 6.07 Å². The van der Waals surface area contributed by atoms with Gasteiger partial charge in [0.1, 0.15) is 11.2 Å². The van der Waals surface area contributed by atoms with Gasteiger partial charge in [-0.25, -0.2) is 9.07 Å². The van der Waals surface area contributed by atoms with Gasteiger partial charge in [0.25, 0.3) is 5.56 Å². The summed E-state index contributed by atoms with van der Waals surface area (Å²) in [4.78, 5) is 22.4. The van der Waals surface area contributed by atoms with Crippen molar-refractivity contribution in [3.05, 3.63) is 82.5 Å². The molecule has 2 aromatic heterocycles. The van der Waals surface area contributed by atoms with Gasteiger partial charge >= 0.3 is 0 Å². The van der Waals surface area contributed by atoms with Crippen LogP contribution in [-0.2, 0) is 6.42 Å². The number of halogens is 1. The largest absolute Gasteiger partial charge is 0.342 e. The summed E-state index contributed by atoms with van der Waals surface area (Å²) < 4.78 is 15.1. The predicted octanol–water partition coefficient (Wildman–Crippen LogP) is 3.71. The fourth-order valence-electron chi connectivity index (χ4n) is 4.16. The van der Waals surface area contributed by atoms with Gasteiger partial charge in [-0.05, 0) is 55.0 Å². The van der Waals surface area contributed by atoms with E-state index in [-0.39, 0.29) is 11.4 Å². The molecule has 152 valence electrons. The number of benzene rings is 2. The third-order valence-corrected chi connectivity index (χ3v) is 5.75. The minimum Gasteiger partial charge on any atom is -0.342 e. The molecule has 30 heavy (non-hydrogen) atoms. The molecule has 0 aliphatic carbocycles. The van der Waals surface area contributed by atoms with Gasteiger partial charge in [0, 0.05) is 13.1 Å². The first kappa shape index (κ1) is 18.5. The van der Waals surface area contributed by atoms with Crippen molar-refractivity contribution >= 4 is 17.0 Å². The normalized spacial score (nSPS) is 15.0. The zero-order valence-corrected chi connectivity index (χ0v) is 16.5. The fraction of sp³-hybridized carbons (Fsp3) is 0.261. The fourth-order valence-corrected chi connectivity index (χ4v) is 4.16. The number of piperidine rings is 1. The Bertz CT molecular complexity index is 1230. The lowest BCUT2D eigenvalue weighted by Crippen LogP contribution is -2.36. The molecule has 0 bridgehead atoms. The van der Waals surface area contributed by atoms with Crippen molar-refractivity contribution in [2.24, 2.45) is 5.92 Å². The average Bonchev–Trinajstić information content (AvgIpc) is 3.20. The smallest absolute Gasteiger partial charge is 0.263 e. The van der Waals surface area contributed by atoms with Gasteiger partial charge in [0.15, 0.2) is 5.65 Å². The lowest BCUT2D eigenvalue weighted by atomic mass is 9.90. The number of nitrogens with zero attached hydrogens (tertiary/aromatic N) is 4. The maximum Gasteiger partial charge on any atom is 0.263 e. The van der Waals surface area contributed by atoms with Crippen molar-refractivity contribution in [2.45, 2.75) is 19.3 Å². The van der Waals surface area contributed by atoms with E-state index in [1.54, 1.807) is 23.0 Å². The minimum atomic E-state index is -0.185. The van der Waals surface area contributed by atoms with Crippen LogP contribution in [0.1, 0.15) is 18.4 Å². The third kappa shape index (κ3) is 3.58. The number of fused-ring (bicyclic) bond motifs is 1. The highest BCUT2D eigenvalue weighted by molar-refractivity contribution is 5.76. The highest BCUT2D eigenvalue weighted by atomic mass is 19.1. The van der Waals surface area contributed by atoms with E-state index in [2.05, 4.69) is 15.0 Å². The number of hydrogen-bond acceptors (Lipinski definition) is 4. The summed E-state index contributed by atoms with van der Waals surface area (Å²) in [6.45, 7) is 1.60. The zero-order chi connectivity index (χ0) is 20.5. The maximum atomic E-state index is 13.4. The van der Waals surface area contributed by atoms with Crippen LogP contribution in [-0.4, -0.2) is 32.8 Å². The van der Waals surface area contributed by atoms with Gasteiger partial charge in [-0.15, -0.1) is 0 Å². The molecule has 7 heteroatoms. The molecule has 5 rings (SSSR count). The summed E-state index contributed by atoms with van der Waals surface area (Å²) in [6, 6.07) is 16.5. The van der Waals surface area contributed by atoms with Crippen LogP contribution in [0.25, 0.3) is 16.7 Å². The van der Waals surface area contributed by atoms with E-state index in [0.717, 1.165) is 43.6 Å². The summed E-state index contributed by atoms with van der Waals surface area (Å²) in [5, 5.41) is 4.84. The highest BCUT2D eigenvalue weighted by Crippen LogP contribution is 2.25. The Labute approximate surface area is 173 Å². The number of aromatic amines is 1. The topological polar surface area (TPSA) is 66.8 Å². The minimum absolute atomic E-state index is 0.181. The SMILES string of the molecule is O=c1[nH]c(N2CCC(Cc3cccc(F)c3)CC2)nc2c1cnn2-c1ccccc1. The molecule has 6 nitrogen and oxygen atoms in total. The number of nitrogens with one attached hydrogen (secondary N) is 1. The summed E-state index contributed by atoms with van der Waals surface area (Å²) >= 11 is 0.